The molecule has 2 N–H and O–H groups in total. The van der Waals surface area contributed by atoms with Gasteiger partial charge in [-0.05, 0) is 36.8 Å². The lowest BCUT2D eigenvalue weighted by Gasteiger charge is -2.22. The number of hydrogen-bond acceptors (Lipinski definition) is 2. The van der Waals surface area contributed by atoms with Crippen LogP contribution in [0.1, 0.15) is 24.8 Å². The van der Waals surface area contributed by atoms with Crippen LogP contribution >= 0.6 is 0 Å². The average Bonchev–Trinajstić information content (AvgIpc) is 2.74. The molecule has 0 aromatic heterocycles. The predicted molar refractivity (Wildman–Crippen MR) is 64.6 cm³/mol. The van der Waals surface area contributed by atoms with Crippen molar-refractivity contribution in [3.8, 4) is 0 Å². The summed E-state index contributed by atoms with van der Waals surface area (Å²) < 4.78 is 13.5. The molecule has 1 saturated carbocycles. The van der Waals surface area contributed by atoms with Crippen molar-refractivity contribution in [3.05, 3.63) is 35.6 Å². The van der Waals surface area contributed by atoms with Gasteiger partial charge in [0.15, 0.2) is 0 Å². The first-order chi connectivity index (χ1) is 8.59. The Kier molecular flexibility index (Phi) is 3.97. The largest absolute Gasteiger partial charge is 0.481 e. The summed E-state index contributed by atoms with van der Waals surface area (Å²) in [4.78, 5) is 11.3. The summed E-state index contributed by atoms with van der Waals surface area (Å²) in [6.07, 6.45) is 1.76. The number of carboxylic acid groups (broad SMARTS) is 1. The fraction of sp³-hybridized carbons (Fsp3) is 0.500. The lowest BCUT2D eigenvalue weighted by Crippen LogP contribution is -2.31. The number of benzene rings is 1. The number of carboxylic acids is 1. The van der Waals surface area contributed by atoms with Crippen molar-refractivity contribution in [1.82, 2.24) is 0 Å². The molecule has 0 amide bonds. The topological polar surface area (TPSA) is 57.5 Å². The summed E-state index contributed by atoms with van der Waals surface area (Å²) in [5.41, 5.74) is 0.406. The molecular weight excluding hydrogens is 235 g/mol. The molecule has 0 bridgehead atoms. The third-order valence-corrected chi connectivity index (χ3v) is 3.76. The Balaban J connectivity index is 2.17. The van der Waals surface area contributed by atoms with E-state index in [-0.39, 0.29) is 18.2 Å². The minimum Gasteiger partial charge on any atom is -0.481 e. The van der Waals surface area contributed by atoms with Crippen molar-refractivity contribution in [2.24, 2.45) is 11.8 Å². The van der Waals surface area contributed by atoms with Crippen molar-refractivity contribution in [3.63, 3.8) is 0 Å². The molecule has 4 heteroatoms. The van der Waals surface area contributed by atoms with Crippen LogP contribution in [0.25, 0.3) is 0 Å². The first-order valence-electron chi connectivity index (χ1n) is 6.24. The van der Waals surface area contributed by atoms with E-state index in [1.165, 1.54) is 6.07 Å². The van der Waals surface area contributed by atoms with E-state index >= 15 is 0 Å². The number of aliphatic hydroxyl groups excluding tert-OH is 1. The van der Waals surface area contributed by atoms with E-state index in [9.17, 15) is 19.4 Å². The number of carbonyl (C=O) groups is 1. The van der Waals surface area contributed by atoms with Crippen molar-refractivity contribution in [2.45, 2.75) is 31.8 Å². The van der Waals surface area contributed by atoms with Gasteiger partial charge in [0.25, 0.3) is 0 Å². The molecule has 18 heavy (non-hydrogen) atoms. The van der Waals surface area contributed by atoms with E-state index in [0.717, 1.165) is 6.42 Å². The summed E-state index contributed by atoms with van der Waals surface area (Å²) in [5.74, 6) is -2.30. The van der Waals surface area contributed by atoms with Crippen LogP contribution in [0.5, 0.6) is 0 Å². The Labute approximate surface area is 105 Å². The summed E-state index contributed by atoms with van der Waals surface area (Å²) >= 11 is 0. The Hall–Kier alpha value is -1.42. The number of rotatable bonds is 4. The molecule has 0 aliphatic heterocycles. The Morgan fingerprint density at radius 1 is 1.39 bits per heavy atom. The summed E-state index contributed by atoms with van der Waals surface area (Å²) in [5, 5.41) is 19.1. The highest BCUT2D eigenvalue weighted by Gasteiger charge is 2.36. The number of hydrogen-bond donors (Lipinski definition) is 2. The highest BCUT2D eigenvalue weighted by Crippen LogP contribution is 2.34. The lowest BCUT2D eigenvalue weighted by atomic mass is 9.84. The van der Waals surface area contributed by atoms with Gasteiger partial charge in [-0.1, -0.05) is 24.6 Å². The molecule has 3 nitrogen and oxygen atoms in total. The summed E-state index contributed by atoms with van der Waals surface area (Å²) in [7, 11) is 0. The maximum Gasteiger partial charge on any atom is 0.307 e. The second kappa shape index (κ2) is 5.48. The zero-order chi connectivity index (χ0) is 13.1. The van der Waals surface area contributed by atoms with Gasteiger partial charge in [-0.15, -0.1) is 0 Å². The lowest BCUT2D eigenvalue weighted by molar-refractivity contribution is -0.145. The van der Waals surface area contributed by atoms with E-state index < -0.39 is 18.0 Å². The normalized spacial score (nSPS) is 25.0. The molecular formula is C14H17FO3. The van der Waals surface area contributed by atoms with Crippen molar-refractivity contribution < 1.29 is 19.4 Å². The van der Waals surface area contributed by atoms with Crippen LogP contribution in [0.3, 0.4) is 0 Å². The molecule has 2 rings (SSSR count). The molecule has 1 aliphatic rings. The van der Waals surface area contributed by atoms with Crippen molar-refractivity contribution >= 4 is 5.97 Å². The SMILES string of the molecule is O=C(O)C(Cc1ccccc1F)C1CCCC1O. The minimum atomic E-state index is -0.954. The van der Waals surface area contributed by atoms with Gasteiger partial charge in [0.1, 0.15) is 5.82 Å². The first-order valence-corrected chi connectivity index (χ1v) is 6.24. The molecule has 1 aromatic rings. The monoisotopic (exact) mass is 252 g/mol. The molecule has 3 unspecified atom stereocenters. The smallest absolute Gasteiger partial charge is 0.307 e. The maximum atomic E-state index is 13.5. The van der Waals surface area contributed by atoms with Crippen LogP contribution in [0.15, 0.2) is 24.3 Å². The van der Waals surface area contributed by atoms with Gasteiger partial charge < -0.3 is 10.2 Å². The standard InChI is InChI=1S/C14H17FO3/c15-12-6-2-1-4-9(12)8-11(14(17)18)10-5-3-7-13(10)16/h1-2,4,6,10-11,13,16H,3,5,7-8H2,(H,17,18). The molecule has 0 saturated heterocycles. The van der Waals surface area contributed by atoms with Gasteiger partial charge in [0.2, 0.25) is 0 Å². The highest BCUT2D eigenvalue weighted by atomic mass is 19.1. The third-order valence-electron chi connectivity index (χ3n) is 3.76. The summed E-state index contributed by atoms with van der Waals surface area (Å²) in [6, 6.07) is 6.22. The zero-order valence-electron chi connectivity index (χ0n) is 10.1. The van der Waals surface area contributed by atoms with Gasteiger partial charge in [-0.25, -0.2) is 4.39 Å². The molecule has 0 heterocycles. The minimum absolute atomic E-state index is 0.143. The van der Waals surface area contributed by atoms with Crippen LogP contribution in [0.4, 0.5) is 4.39 Å². The van der Waals surface area contributed by atoms with E-state index in [4.69, 9.17) is 0 Å². The number of aliphatic hydroxyl groups is 1. The number of halogens is 1. The third kappa shape index (κ3) is 2.70. The molecule has 1 fully saturated rings. The fourth-order valence-electron chi connectivity index (χ4n) is 2.76. The van der Waals surface area contributed by atoms with E-state index in [1.54, 1.807) is 18.2 Å². The fourth-order valence-corrected chi connectivity index (χ4v) is 2.76. The maximum absolute atomic E-state index is 13.5. The van der Waals surface area contributed by atoms with Gasteiger partial charge >= 0.3 is 5.97 Å². The second-order valence-corrected chi connectivity index (χ2v) is 4.90. The van der Waals surface area contributed by atoms with Gasteiger partial charge in [-0.3, -0.25) is 4.79 Å². The quantitative estimate of drug-likeness (QED) is 0.864. The first kappa shape index (κ1) is 13.0. The molecule has 1 aromatic carbocycles. The Morgan fingerprint density at radius 2 is 2.11 bits per heavy atom. The Morgan fingerprint density at radius 3 is 2.67 bits per heavy atom. The van der Waals surface area contributed by atoms with E-state index in [2.05, 4.69) is 0 Å². The van der Waals surface area contributed by atoms with Crippen LogP contribution in [-0.2, 0) is 11.2 Å². The highest BCUT2D eigenvalue weighted by molar-refractivity contribution is 5.71. The molecule has 0 spiro atoms. The molecule has 98 valence electrons. The van der Waals surface area contributed by atoms with Gasteiger partial charge in [-0.2, -0.15) is 0 Å². The predicted octanol–water partition coefficient (Wildman–Crippen LogP) is 2.23. The summed E-state index contributed by atoms with van der Waals surface area (Å²) in [6.45, 7) is 0. The molecule has 0 radical (unpaired) electrons. The van der Waals surface area contributed by atoms with E-state index in [1.807, 2.05) is 0 Å². The zero-order valence-corrected chi connectivity index (χ0v) is 10.1. The van der Waals surface area contributed by atoms with Crippen molar-refractivity contribution in [1.29, 1.82) is 0 Å². The second-order valence-electron chi connectivity index (χ2n) is 4.90. The van der Waals surface area contributed by atoms with Crippen LogP contribution in [-0.4, -0.2) is 22.3 Å². The Bertz CT molecular complexity index is 433. The van der Waals surface area contributed by atoms with Gasteiger partial charge in [0, 0.05) is 0 Å². The molecule has 3 atom stereocenters. The average molecular weight is 252 g/mol. The van der Waals surface area contributed by atoms with Gasteiger partial charge in [0.05, 0.1) is 12.0 Å². The van der Waals surface area contributed by atoms with Crippen LogP contribution in [0, 0.1) is 17.7 Å². The molecule has 1 aliphatic carbocycles. The van der Waals surface area contributed by atoms with Crippen LogP contribution < -0.4 is 0 Å². The number of aliphatic carboxylic acids is 1. The van der Waals surface area contributed by atoms with E-state index in [0.29, 0.717) is 18.4 Å². The van der Waals surface area contributed by atoms with Crippen molar-refractivity contribution in [2.75, 3.05) is 0 Å². The van der Waals surface area contributed by atoms with Crippen LogP contribution in [0.2, 0.25) is 0 Å².